The largest absolute Gasteiger partial charge is 2.00 e. The molecule has 0 fully saturated rings. The summed E-state index contributed by atoms with van der Waals surface area (Å²) in [6.07, 6.45) is 0. The number of amides is 2. The maximum absolute atomic E-state index is 11.8. The van der Waals surface area contributed by atoms with Crippen LogP contribution in [0, 0.1) is 0 Å². The molecule has 0 saturated carbocycles. The number of hydrogen-bond acceptors (Lipinski definition) is 5. The van der Waals surface area contributed by atoms with E-state index in [0.717, 1.165) is 0 Å². The number of hydrogen-bond donors (Lipinski definition) is 2. The molecule has 2 amide bonds. The predicted octanol–water partition coefficient (Wildman–Crippen LogP) is -0.414. The molecule has 1 aromatic heterocycles. The van der Waals surface area contributed by atoms with E-state index in [0.29, 0.717) is 39.5 Å². The van der Waals surface area contributed by atoms with Crippen molar-refractivity contribution in [3.63, 3.8) is 0 Å². The average molecular weight is 392 g/mol. The van der Waals surface area contributed by atoms with Gasteiger partial charge in [0.1, 0.15) is 11.4 Å². The molecule has 1 aliphatic heterocycles. The molecule has 0 aromatic carbocycles. The molecule has 0 spiro atoms. The Morgan fingerprint density at radius 2 is 1.33 bits per heavy atom. The molecule has 7 nitrogen and oxygen atoms in total. The van der Waals surface area contributed by atoms with Gasteiger partial charge in [-0.1, -0.05) is 6.07 Å². The number of rotatable bonds is 0. The van der Waals surface area contributed by atoms with Crippen LogP contribution in [0.4, 0.5) is 0 Å². The molecule has 2 N–H and O–H groups in total. The van der Waals surface area contributed by atoms with Crippen molar-refractivity contribution in [2.45, 2.75) is 0 Å². The van der Waals surface area contributed by atoms with Gasteiger partial charge in [0.2, 0.25) is 0 Å². The number of carbonyl (C=O) groups is 2. The molecule has 0 unspecified atom stereocenters. The van der Waals surface area contributed by atoms with Crippen molar-refractivity contribution in [1.29, 1.82) is 0 Å². The van der Waals surface area contributed by atoms with Gasteiger partial charge in [-0.25, -0.2) is 4.98 Å². The number of pyridine rings is 1. The first-order valence-corrected chi connectivity index (χ1v) is 6.46. The van der Waals surface area contributed by atoms with Crippen LogP contribution in [0.15, 0.2) is 18.2 Å². The Balaban J connectivity index is 0.00000220. The molecule has 0 saturated heterocycles. The van der Waals surface area contributed by atoms with Crippen LogP contribution in [0.1, 0.15) is 21.0 Å². The molecule has 0 radical (unpaired) electrons. The van der Waals surface area contributed by atoms with E-state index in [2.05, 4.69) is 15.6 Å². The van der Waals surface area contributed by atoms with Gasteiger partial charge in [0.05, 0.1) is 26.4 Å². The van der Waals surface area contributed by atoms with Gasteiger partial charge in [-0.2, -0.15) is 0 Å². The third-order valence-electron chi connectivity index (χ3n) is 2.65. The van der Waals surface area contributed by atoms with Crippen LogP contribution in [0.2, 0.25) is 0 Å². The van der Waals surface area contributed by atoms with Crippen molar-refractivity contribution in [3.8, 4) is 0 Å². The second kappa shape index (κ2) is 9.79. The minimum Gasteiger partial charge on any atom is -0.377 e. The van der Waals surface area contributed by atoms with E-state index in [-0.39, 0.29) is 50.5 Å². The second-order valence-electron chi connectivity index (χ2n) is 4.14. The molecule has 21 heavy (non-hydrogen) atoms. The normalized spacial score (nSPS) is 17.5. The monoisotopic (exact) mass is 393 g/mol. The fraction of sp³-hybridized carbons (Fsp3) is 0.462. The van der Waals surface area contributed by atoms with Gasteiger partial charge in [0.25, 0.3) is 11.8 Å². The van der Waals surface area contributed by atoms with Crippen molar-refractivity contribution in [2.24, 2.45) is 0 Å². The summed E-state index contributed by atoms with van der Waals surface area (Å²) in [5, 5.41) is 5.35. The SMILES string of the molecule is O=C1NCCOCCOCCNC(=O)c2cccc1n2.[Cd+2]. The van der Waals surface area contributed by atoms with Crippen LogP contribution in [0.5, 0.6) is 0 Å². The Labute approximate surface area is 142 Å². The summed E-state index contributed by atoms with van der Waals surface area (Å²) in [4.78, 5) is 27.7. The second-order valence-corrected chi connectivity index (χ2v) is 4.14. The van der Waals surface area contributed by atoms with Gasteiger partial charge in [-0.15, -0.1) is 0 Å². The Morgan fingerprint density at radius 3 is 1.81 bits per heavy atom. The van der Waals surface area contributed by atoms with E-state index < -0.39 is 0 Å². The smallest absolute Gasteiger partial charge is 0.377 e. The van der Waals surface area contributed by atoms with Crippen LogP contribution in [0.25, 0.3) is 0 Å². The summed E-state index contributed by atoms with van der Waals surface area (Å²) in [6, 6.07) is 4.75. The zero-order chi connectivity index (χ0) is 14.2. The van der Waals surface area contributed by atoms with E-state index in [4.69, 9.17) is 9.47 Å². The summed E-state index contributed by atoms with van der Waals surface area (Å²) in [6.45, 7) is 2.50. The maximum Gasteiger partial charge on any atom is 2.00 e. The molecular weight excluding hydrogens is 375 g/mol. The number of carbonyl (C=O) groups excluding carboxylic acids is 2. The average Bonchev–Trinajstić information content (AvgIpc) is 2.48. The fourth-order valence-electron chi connectivity index (χ4n) is 1.66. The standard InChI is InChI=1S/C13H17N3O4.Cd/c17-12-10-2-1-3-11(16-10)13(18)15-5-7-20-9-8-19-6-4-14-12;/h1-3H,4-9H2,(H,14,17)(H,15,18);/q;+2. The van der Waals surface area contributed by atoms with E-state index in [1.54, 1.807) is 18.2 Å². The van der Waals surface area contributed by atoms with Crippen LogP contribution in [-0.2, 0) is 36.8 Å². The fourth-order valence-corrected chi connectivity index (χ4v) is 1.66. The van der Waals surface area contributed by atoms with Gasteiger partial charge in [0.15, 0.2) is 0 Å². The summed E-state index contributed by atoms with van der Waals surface area (Å²) < 4.78 is 10.6. The van der Waals surface area contributed by atoms with Crippen molar-refractivity contribution < 1.29 is 46.4 Å². The Morgan fingerprint density at radius 1 is 0.857 bits per heavy atom. The Hall–Kier alpha value is -1.07. The first-order chi connectivity index (χ1) is 9.77. The molecule has 2 bridgehead atoms. The summed E-state index contributed by atoms with van der Waals surface area (Å²) in [5.41, 5.74) is 0.424. The van der Waals surface area contributed by atoms with Crippen molar-refractivity contribution in [1.82, 2.24) is 15.6 Å². The van der Waals surface area contributed by atoms with Gasteiger partial charge in [-0.05, 0) is 12.1 Å². The van der Waals surface area contributed by atoms with E-state index >= 15 is 0 Å². The molecular formula is C13H17CdN3O4+2. The van der Waals surface area contributed by atoms with Crippen LogP contribution < -0.4 is 10.6 Å². The molecule has 108 valence electrons. The molecule has 2 heterocycles. The molecule has 2 rings (SSSR count). The van der Waals surface area contributed by atoms with E-state index in [9.17, 15) is 9.59 Å². The van der Waals surface area contributed by atoms with Crippen LogP contribution in [0.3, 0.4) is 0 Å². The molecule has 1 aliphatic rings. The quantitative estimate of drug-likeness (QED) is 0.587. The maximum atomic E-state index is 11.8. The molecule has 1 aromatic rings. The molecule has 0 atom stereocenters. The topological polar surface area (TPSA) is 89.5 Å². The first-order valence-electron chi connectivity index (χ1n) is 6.46. The molecule has 8 heteroatoms. The third kappa shape index (κ3) is 6.06. The third-order valence-corrected chi connectivity index (χ3v) is 2.65. The first kappa shape index (κ1) is 18.0. The van der Waals surface area contributed by atoms with Gasteiger partial charge < -0.3 is 20.1 Å². The van der Waals surface area contributed by atoms with E-state index in [1.165, 1.54) is 0 Å². The summed E-state index contributed by atoms with van der Waals surface area (Å²) >= 11 is 0. The minimum atomic E-state index is -0.325. The minimum absolute atomic E-state index is 0. The van der Waals surface area contributed by atoms with Crippen molar-refractivity contribution in [3.05, 3.63) is 29.6 Å². The number of fused-ring (bicyclic) bond motifs is 2. The van der Waals surface area contributed by atoms with Gasteiger partial charge in [-0.3, -0.25) is 9.59 Å². The summed E-state index contributed by atoms with van der Waals surface area (Å²) in [7, 11) is 0. The number of aromatic nitrogens is 1. The Kier molecular flexibility index (Phi) is 8.39. The van der Waals surface area contributed by atoms with Crippen molar-refractivity contribution >= 4 is 11.8 Å². The van der Waals surface area contributed by atoms with Crippen LogP contribution in [-0.4, -0.2) is 56.3 Å². The number of ether oxygens (including phenoxy) is 2. The summed E-state index contributed by atoms with van der Waals surface area (Å²) in [5.74, 6) is -0.649. The number of nitrogens with zero attached hydrogens (tertiary/aromatic N) is 1. The Bertz CT molecular complexity index is 445. The number of nitrogens with one attached hydrogen (secondary N) is 2. The van der Waals surface area contributed by atoms with Crippen LogP contribution >= 0.6 is 0 Å². The van der Waals surface area contributed by atoms with E-state index in [1.807, 2.05) is 0 Å². The molecule has 0 aliphatic carbocycles. The van der Waals surface area contributed by atoms with Crippen molar-refractivity contribution in [2.75, 3.05) is 39.5 Å². The van der Waals surface area contributed by atoms with Gasteiger partial charge in [0, 0.05) is 13.1 Å². The van der Waals surface area contributed by atoms with Gasteiger partial charge >= 0.3 is 27.3 Å². The zero-order valence-corrected chi connectivity index (χ0v) is 15.8. The predicted molar refractivity (Wildman–Crippen MR) is 70.5 cm³/mol. The zero-order valence-electron chi connectivity index (χ0n) is 11.8.